The quantitative estimate of drug-likeness (QED) is 0.358. The van der Waals surface area contributed by atoms with Gasteiger partial charge >= 0.3 is 0 Å². The number of anilines is 2. The summed E-state index contributed by atoms with van der Waals surface area (Å²) in [5.74, 6) is 0.372. The van der Waals surface area contributed by atoms with Crippen molar-refractivity contribution in [2.45, 2.75) is 23.9 Å². The van der Waals surface area contributed by atoms with Gasteiger partial charge in [-0.05, 0) is 35.4 Å². The third kappa shape index (κ3) is 1.86. The van der Waals surface area contributed by atoms with E-state index in [2.05, 4.69) is 82.2 Å². The first-order chi connectivity index (χ1) is 14.7. The molecule has 0 saturated carbocycles. The van der Waals surface area contributed by atoms with Gasteiger partial charge in [-0.1, -0.05) is 24.3 Å². The average molecular weight is 390 g/mol. The number of hydrogen-bond acceptors (Lipinski definition) is 2. The molecule has 144 valence electrons. The first kappa shape index (κ1) is 16.2. The van der Waals surface area contributed by atoms with Crippen LogP contribution < -0.4 is 20.6 Å². The minimum Gasteiger partial charge on any atom is -0.399 e. The maximum Gasteiger partial charge on any atom is 0.200 e. The average Bonchev–Trinajstić information content (AvgIpc) is 2.75. The van der Waals surface area contributed by atoms with Crippen LogP contribution in [0.5, 0.6) is 0 Å². The van der Waals surface area contributed by atoms with Gasteiger partial charge in [0.05, 0.1) is 0 Å². The molecule has 4 N–H and O–H groups in total. The Balaban J connectivity index is 1.68. The maximum absolute atomic E-state index is 6.30. The lowest BCUT2D eigenvalue weighted by Gasteiger charge is -2.42. The van der Waals surface area contributed by atoms with E-state index >= 15 is 0 Å². The monoisotopic (exact) mass is 390 g/mol. The van der Waals surface area contributed by atoms with Gasteiger partial charge in [0, 0.05) is 46.8 Å². The van der Waals surface area contributed by atoms with Crippen LogP contribution in [-0.2, 0) is 0 Å². The Morgan fingerprint density at radius 3 is 1.47 bits per heavy atom. The van der Waals surface area contributed by atoms with Crippen LogP contribution in [0.15, 0.2) is 85.2 Å². The third-order valence-corrected chi connectivity index (χ3v) is 7.24. The largest absolute Gasteiger partial charge is 0.399 e. The molecule has 4 unspecified atom stereocenters. The summed E-state index contributed by atoms with van der Waals surface area (Å²) in [6.07, 6.45) is 4.48. The van der Waals surface area contributed by atoms with Crippen LogP contribution in [0, 0.1) is 0 Å². The van der Waals surface area contributed by atoms with Gasteiger partial charge in [-0.25, -0.2) is 0 Å². The van der Waals surface area contributed by atoms with Gasteiger partial charge < -0.3 is 11.5 Å². The normalized spacial score (nSPS) is 24.3. The molecule has 5 aliphatic heterocycles. The highest BCUT2D eigenvalue weighted by Crippen LogP contribution is 2.54. The van der Waals surface area contributed by atoms with Crippen molar-refractivity contribution in [1.82, 2.24) is 0 Å². The molecule has 7 heterocycles. The Bertz CT molecular complexity index is 1250. The van der Waals surface area contributed by atoms with Gasteiger partial charge in [-0.3, -0.25) is 0 Å². The van der Waals surface area contributed by atoms with E-state index in [0.29, 0.717) is 0 Å². The molecule has 2 aromatic carbocycles. The molecule has 1 aliphatic carbocycles. The van der Waals surface area contributed by atoms with Crippen LogP contribution in [0.3, 0.4) is 0 Å². The molecular formula is C26H22N4+2. The van der Waals surface area contributed by atoms with Gasteiger partial charge in [0.15, 0.2) is 23.8 Å². The molecule has 4 bridgehead atoms. The Kier molecular flexibility index (Phi) is 2.95. The molecule has 0 saturated heterocycles. The summed E-state index contributed by atoms with van der Waals surface area (Å²) in [7, 11) is 0. The van der Waals surface area contributed by atoms with Crippen LogP contribution in [0.2, 0.25) is 0 Å². The van der Waals surface area contributed by atoms with E-state index in [1.165, 1.54) is 33.6 Å². The molecule has 4 heteroatoms. The minimum atomic E-state index is 0.147. The smallest absolute Gasteiger partial charge is 0.200 e. The lowest BCUT2D eigenvalue weighted by Crippen LogP contribution is -2.62. The van der Waals surface area contributed by atoms with Gasteiger partial charge in [0.2, 0.25) is 12.1 Å². The van der Waals surface area contributed by atoms with Crippen molar-refractivity contribution in [3.05, 3.63) is 119 Å². The molecule has 0 amide bonds. The predicted molar refractivity (Wildman–Crippen MR) is 115 cm³/mol. The molecule has 4 aromatic rings. The highest BCUT2D eigenvalue weighted by molar-refractivity contribution is 5.57. The van der Waals surface area contributed by atoms with Crippen molar-refractivity contribution in [2.24, 2.45) is 0 Å². The molecule has 0 radical (unpaired) electrons. The lowest BCUT2D eigenvalue weighted by atomic mass is 9.65. The number of nitrogens with two attached hydrogens (primary N) is 2. The molecule has 30 heavy (non-hydrogen) atoms. The number of rotatable bonds is 0. The summed E-state index contributed by atoms with van der Waals surface area (Å²) in [6, 6.07) is 26.4. The van der Waals surface area contributed by atoms with Gasteiger partial charge in [0.25, 0.3) is 0 Å². The van der Waals surface area contributed by atoms with Gasteiger partial charge in [-0.15, -0.1) is 0 Å². The van der Waals surface area contributed by atoms with Crippen molar-refractivity contribution < 1.29 is 9.13 Å². The second-order valence-electron chi connectivity index (χ2n) is 8.69. The number of aromatic nitrogens is 2. The molecule has 10 rings (SSSR count). The van der Waals surface area contributed by atoms with E-state index < -0.39 is 0 Å². The number of benzene rings is 2. The summed E-state index contributed by atoms with van der Waals surface area (Å²) in [6.45, 7) is 0. The molecule has 4 nitrogen and oxygen atoms in total. The fraction of sp³-hybridized carbons (Fsp3) is 0.154. The summed E-state index contributed by atoms with van der Waals surface area (Å²) >= 11 is 0. The van der Waals surface area contributed by atoms with E-state index in [1.807, 2.05) is 12.1 Å². The second-order valence-corrected chi connectivity index (χ2v) is 8.69. The Morgan fingerprint density at radius 2 is 1.00 bits per heavy atom. The molecule has 6 aliphatic rings. The zero-order chi connectivity index (χ0) is 20.0. The summed E-state index contributed by atoms with van der Waals surface area (Å²) in [5.41, 5.74) is 22.4. The van der Waals surface area contributed by atoms with Gasteiger partial charge in [-0.2, -0.15) is 9.13 Å². The van der Waals surface area contributed by atoms with Crippen molar-refractivity contribution in [3.63, 3.8) is 0 Å². The van der Waals surface area contributed by atoms with E-state index in [0.717, 1.165) is 11.4 Å². The zero-order valence-electron chi connectivity index (χ0n) is 16.4. The standard InChI is InChI=1S/C26H22N4/c27-15-7-9-17-19(13-15)26-24-18-10-8-16(28)14-20(18)25(30-12-4-2-6-22(24)30)23(17)21-5-1-3-11-29(21)26/h1-14,23-26H,27-28H2/q+2. The van der Waals surface area contributed by atoms with E-state index in [-0.39, 0.29) is 23.9 Å². The molecule has 2 aromatic heterocycles. The SMILES string of the molecule is Nc1ccc2c(c1)C1C3c4ccc(N)cc4C(C2c2cccc[n+]21)[n+]1ccccc13. The van der Waals surface area contributed by atoms with Crippen molar-refractivity contribution in [1.29, 1.82) is 0 Å². The van der Waals surface area contributed by atoms with Crippen LogP contribution in [0.25, 0.3) is 0 Å². The highest BCUT2D eigenvalue weighted by atomic mass is 15.1. The van der Waals surface area contributed by atoms with Crippen LogP contribution in [0.1, 0.15) is 57.6 Å². The van der Waals surface area contributed by atoms with Crippen molar-refractivity contribution in [2.75, 3.05) is 11.5 Å². The minimum absolute atomic E-state index is 0.147. The molecular weight excluding hydrogens is 368 g/mol. The van der Waals surface area contributed by atoms with E-state index in [9.17, 15) is 0 Å². The summed E-state index contributed by atoms with van der Waals surface area (Å²) in [4.78, 5) is 0. The van der Waals surface area contributed by atoms with E-state index in [1.54, 1.807) is 0 Å². The number of pyridine rings is 2. The number of nitrogens with zero attached hydrogens (tertiary/aromatic N) is 2. The number of hydrogen-bond donors (Lipinski definition) is 2. The number of nitrogen functional groups attached to an aromatic ring is 2. The van der Waals surface area contributed by atoms with Crippen LogP contribution >= 0.6 is 0 Å². The predicted octanol–water partition coefficient (Wildman–Crippen LogP) is 3.21. The Hall–Kier alpha value is -3.66. The first-order valence-electron chi connectivity index (χ1n) is 10.5. The Labute approximate surface area is 175 Å². The fourth-order valence-corrected chi connectivity index (χ4v) is 6.20. The molecule has 0 fully saturated rings. The van der Waals surface area contributed by atoms with Crippen molar-refractivity contribution >= 4 is 11.4 Å². The molecule has 4 atom stereocenters. The van der Waals surface area contributed by atoms with Crippen molar-refractivity contribution in [3.8, 4) is 0 Å². The van der Waals surface area contributed by atoms with Crippen LogP contribution in [-0.4, -0.2) is 0 Å². The van der Waals surface area contributed by atoms with Crippen LogP contribution in [0.4, 0.5) is 11.4 Å². The first-order valence-corrected chi connectivity index (χ1v) is 10.5. The Morgan fingerprint density at radius 1 is 0.533 bits per heavy atom. The topological polar surface area (TPSA) is 59.8 Å². The summed E-state index contributed by atoms with van der Waals surface area (Å²) < 4.78 is 4.97. The van der Waals surface area contributed by atoms with Gasteiger partial charge in [0.1, 0.15) is 11.8 Å². The zero-order valence-corrected chi connectivity index (χ0v) is 16.4. The maximum atomic E-state index is 6.30. The fourth-order valence-electron chi connectivity index (χ4n) is 6.20. The van der Waals surface area contributed by atoms with E-state index in [4.69, 9.17) is 11.5 Å². The second kappa shape index (κ2) is 5.48. The summed E-state index contributed by atoms with van der Waals surface area (Å²) in [5, 5.41) is 0. The highest BCUT2D eigenvalue weighted by Gasteiger charge is 2.58. The lowest BCUT2D eigenvalue weighted by molar-refractivity contribution is -0.769. The third-order valence-electron chi connectivity index (χ3n) is 7.24. The molecule has 0 spiro atoms.